The van der Waals surface area contributed by atoms with Gasteiger partial charge in [-0.25, -0.2) is 4.79 Å². The molecular weight excluding hydrogens is 404 g/mol. The number of fused-ring (bicyclic) bond motifs is 1. The van der Waals surface area contributed by atoms with Crippen LogP contribution in [0.2, 0.25) is 0 Å². The SMILES string of the molecule is CCOC(=O)C1=C(N2CCCC(CN(C)C)C2)c2cc(Br)ccc2CC=C1. The molecular formula is C22H29BrN2O2. The summed E-state index contributed by atoms with van der Waals surface area (Å²) in [6.07, 6.45) is 7.23. The first-order valence-electron chi connectivity index (χ1n) is 9.76. The Bertz CT molecular complexity index is 755. The first-order chi connectivity index (χ1) is 13.0. The van der Waals surface area contributed by atoms with Crippen molar-refractivity contribution in [3.05, 3.63) is 51.5 Å². The minimum atomic E-state index is -0.230. The molecule has 1 fully saturated rings. The molecule has 1 atom stereocenters. The van der Waals surface area contributed by atoms with Gasteiger partial charge in [-0.05, 0) is 70.0 Å². The molecule has 3 rings (SSSR count). The molecule has 27 heavy (non-hydrogen) atoms. The summed E-state index contributed by atoms with van der Waals surface area (Å²) in [5.41, 5.74) is 4.10. The minimum absolute atomic E-state index is 0.230. The van der Waals surface area contributed by atoms with E-state index in [0.717, 1.165) is 48.2 Å². The van der Waals surface area contributed by atoms with Crippen molar-refractivity contribution < 1.29 is 9.53 Å². The molecule has 0 aromatic heterocycles. The van der Waals surface area contributed by atoms with Crippen molar-refractivity contribution in [2.45, 2.75) is 26.2 Å². The molecule has 0 N–H and O–H groups in total. The molecule has 1 aromatic carbocycles. The van der Waals surface area contributed by atoms with Crippen LogP contribution in [0, 0.1) is 5.92 Å². The first-order valence-corrected chi connectivity index (χ1v) is 10.5. The average Bonchev–Trinajstić information content (AvgIpc) is 2.80. The fourth-order valence-corrected chi connectivity index (χ4v) is 4.48. The third kappa shape index (κ3) is 4.82. The predicted octanol–water partition coefficient (Wildman–Crippen LogP) is 4.11. The van der Waals surface area contributed by atoms with Gasteiger partial charge < -0.3 is 14.5 Å². The summed E-state index contributed by atoms with van der Waals surface area (Å²) in [5.74, 6) is 0.374. The number of benzene rings is 1. The highest BCUT2D eigenvalue weighted by Gasteiger charge is 2.29. The maximum atomic E-state index is 12.8. The van der Waals surface area contributed by atoms with Crippen LogP contribution in [0.1, 0.15) is 30.9 Å². The average molecular weight is 433 g/mol. The quantitative estimate of drug-likeness (QED) is 0.655. The third-order valence-electron chi connectivity index (χ3n) is 5.16. The first kappa shape index (κ1) is 20.2. The summed E-state index contributed by atoms with van der Waals surface area (Å²) < 4.78 is 6.43. The highest BCUT2D eigenvalue weighted by molar-refractivity contribution is 9.10. The zero-order valence-corrected chi connectivity index (χ0v) is 18.1. The molecule has 2 aliphatic rings. The van der Waals surface area contributed by atoms with Crippen LogP contribution in [0.4, 0.5) is 0 Å². The molecule has 1 aromatic rings. The van der Waals surface area contributed by atoms with Crippen molar-refractivity contribution >= 4 is 27.6 Å². The molecule has 1 unspecified atom stereocenters. The van der Waals surface area contributed by atoms with Gasteiger partial charge in [-0.2, -0.15) is 0 Å². The number of hydrogen-bond donors (Lipinski definition) is 0. The maximum Gasteiger partial charge on any atom is 0.340 e. The van der Waals surface area contributed by atoms with Crippen LogP contribution in [0.15, 0.2) is 40.4 Å². The Hall–Kier alpha value is -1.59. The number of rotatable bonds is 5. The van der Waals surface area contributed by atoms with Crippen molar-refractivity contribution in [2.24, 2.45) is 5.92 Å². The van der Waals surface area contributed by atoms with Gasteiger partial charge in [0, 0.05) is 29.7 Å². The smallest absolute Gasteiger partial charge is 0.340 e. The van der Waals surface area contributed by atoms with Crippen LogP contribution in [0.3, 0.4) is 0 Å². The highest BCUT2D eigenvalue weighted by atomic mass is 79.9. The standard InChI is InChI=1S/C22H29BrN2O2/c1-4-27-22(26)19-9-5-8-17-10-11-18(23)13-20(17)21(19)25-12-6-7-16(15-25)14-24(2)3/h5,9-11,13,16H,4,6-8,12,14-15H2,1-3H3. The Balaban J connectivity index is 2.06. The second-order valence-electron chi connectivity index (χ2n) is 7.61. The molecule has 0 bridgehead atoms. The van der Waals surface area contributed by atoms with Crippen LogP contribution in [0.25, 0.3) is 5.70 Å². The summed E-state index contributed by atoms with van der Waals surface area (Å²) in [7, 11) is 4.26. The van der Waals surface area contributed by atoms with E-state index in [1.165, 1.54) is 12.0 Å². The van der Waals surface area contributed by atoms with Crippen LogP contribution in [-0.2, 0) is 16.0 Å². The molecule has 0 amide bonds. The molecule has 1 saturated heterocycles. The number of carbonyl (C=O) groups is 1. The molecule has 5 heteroatoms. The van der Waals surface area contributed by atoms with Crippen LogP contribution in [0.5, 0.6) is 0 Å². The Morgan fingerprint density at radius 2 is 2.19 bits per heavy atom. The molecule has 0 spiro atoms. The molecule has 0 saturated carbocycles. The Morgan fingerprint density at radius 3 is 2.93 bits per heavy atom. The summed E-state index contributed by atoms with van der Waals surface area (Å²) in [4.78, 5) is 17.4. The summed E-state index contributed by atoms with van der Waals surface area (Å²) >= 11 is 3.62. The van der Waals surface area contributed by atoms with Crippen LogP contribution < -0.4 is 0 Å². The summed E-state index contributed by atoms with van der Waals surface area (Å²) in [6.45, 7) is 5.26. The number of hydrogen-bond acceptors (Lipinski definition) is 4. The second kappa shape index (κ2) is 9.07. The van der Waals surface area contributed by atoms with E-state index in [0.29, 0.717) is 18.1 Å². The molecule has 1 aliphatic heterocycles. The number of likely N-dealkylation sites (tertiary alicyclic amines) is 1. The molecule has 146 valence electrons. The normalized spacial score (nSPS) is 19.9. The zero-order chi connectivity index (χ0) is 19.4. The summed E-state index contributed by atoms with van der Waals surface area (Å²) in [6, 6.07) is 6.37. The van der Waals surface area contributed by atoms with Gasteiger partial charge in [0.1, 0.15) is 0 Å². The van der Waals surface area contributed by atoms with Crippen LogP contribution >= 0.6 is 15.9 Å². The fraction of sp³-hybridized carbons (Fsp3) is 0.500. The molecule has 1 heterocycles. The van der Waals surface area contributed by atoms with Gasteiger partial charge in [0.15, 0.2) is 0 Å². The number of halogens is 1. The van der Waals surface area contributed by atoms with Crippen molar-refractivity contribution in [2.75, 3.05) is 40.3 Å². The van der Waals surface area contributed by atoms with E-state index in [9.17, 15) is 4.79 Å². The minimum Gasteiger partial charge on any atom is -0.462 e. The lowest BCUT2D eigenvalue weighted by atomic mass is 9.93. The lowest BCUT2D eigenvalue weighted by Crippen LogP contribution is -2.39. The number of esters is 1. The van der Waals surface area contributed by atoms with E-state index >= 15 is 0 Å². The van der Waals surface area contributed by atoms with E-state index in [1.54, 1.807) is 0 Å². The van der Waals surface area contributed by atoms with Crippen molar-refractivity contribution in [3.8, 4) is 0 Å². The van der Waals surface area contributed by atoms with Crippen molar-refractivity contribution in [1.82, 2.24) is 9.80 Å². The van der Waals surface area contributed by atoms with E-state index in [4.69, 9.17) is 4.74 Å². The van der Waals surface area contributed by atoms with Gasteiger partial charge >= 0.3 is 5.97 Å². The van der Waals surface area contributed by atoms with Crippen molar-refractivity contribution in [1.29, 1.82) is 0 Å². The number of piperidine rings is 1. The molecule has 1 aliphatic carbocycles. The number of nitrogens with zero attached hydrogens (tertiary/aromatic N) is 2. The zero-order valence-electron chi connectivity index (χ0n) is 16.5. The third-order valence-corrected chi connectivity index (χ3v) is 5.65. The summed E-state index contributed by atoms with van der Waals surface area (Å²) in [5, 5.41) is 0. The van der Waals surface area contributed by atoms with Gasteiger partial charge in [0.25, 0.3) is 0 Å². The number of allylic oxidation sites excluding steroid dienone is 1. The van der Waals surface area contributed by atoms with Crippen LogP contribution in [-0.4, -0.2) is 56.1 Å². The Morgan fingerprint density at radius 1 is 1.37 bits per heavy atom. The Labute approximate surface area is 171 Å². The van der Waals surface area contributed by atoms with Gasteiger partial charge in [0.05, 0.1) is 17.9 Å². The van der Waals surface area contributed by atoms with Gasteiger partial charge in [-0.1, -0.05) is 28.1 Å². The lowest BCUT2D eigenvalue weighted by Gasteiger charge is -2.38. The fourth-order valence-electron chi connectivity index (χ4n) is 4.12. The largest absolute Gasteiger partial charge is 0.462 e. The predicted molar refractivity (Wildman–Crippen MR) is 113 cm³/mol. The molecule has 4 nitrogen and oxygen atoms in total. The van der Waals surface area contributed by atoms with E-state index in [2.05, 4.69) is 64.1 Å². The van der Waals surface area contributed by atoms with E-state index < -0.39 is 0 Å². The second-order valence-corrected chi connectivity index (χ2v) is 8.52. The highest BCUT2D eigenvalue weighted by Crippen LogP contribution is 2.35. The monoisotopic (exact) mass is 432 g/mol. The lowest BCUT2D eigenvalue weighted by molar-refractivity contribution is -0.138. The van der Waals surface area contributed by atoms with Crippen molar-refractivity contribution in [3.63, 3.8) is 0 Å². The van der Waals surface area contributed by atoms with Gasteiger partial charge in [-0.15, -0.1) is 0 Å². The van der Waals surface area contributed by atoms with Gasteiger partial charge in [-0.3, -0.25) is 0 Å². The molecule has 0 radical (unpaired) electrons. The number of carbonyl (C=O) groups excluding carboxylic acids is 1. The van der Waals surface area contributed by atoms with E-state index in [1.807, 2.05) is 13.0 Å². The Kier molecular flexibility index (Phi) is 6.77. The van der Waals surface area contributed by atoms with E-state index in [-0.39, 0.29) is 5.97 Å². The maximum absolute atomic E-state index is 12.8. The van der Waals surface area contributed by atoms with Gasteiger partial charge in [0.2, 0.25) is 0 Å². The topological polar surface area (TPSA) is 32.8 Å². The number of ether oxygens (including phenoxy) is 1.